The number of hydrogen-bond acceptors (Lipinski definition) is 5. The number of benzene rings is 2. The number of ether oxygens (including phenoxy) is 1. The molecule has 2 aromatic rings. The zero-order valence-electron chi connectivity index (χ0n) is 13.1. The molecule has 0 aliphatic rings. The van der Waals surface area contributed by atoms with Gasteiger partial charge in [-0.15, -0.1) is 0 Å². The third-order valence-electron chi connectivity index (χ3n) is 2.91. The Morgan fingerprint density at radius 1 is 1.24 bits per heavy atom. The number of amides is 1. The number of hydrogen-bond donors (Lipinski definition) is 1. The quantitative estimate of drug-likeness (QED) is 0.407. The molecule has 1 N–H and O–H groups in total. The van der Waals surface area contributed by atoms with E-state index in [-0.39, 0.29) is 12.2 Å². The highest BCUT2D eigenvalue weighted by Crippen LogP contribution is 2.20. The molecule has 0 bridgehead atoms. The van der Waals surface area contributed by atoms with Crippen LogP contribution in [0.15, 0.2) is 52.9 Å². The Hall–Kier alpha value is -2.14. The molecule has 132 valence electrons. The lowest BCUT2D eigenvalue weighted by Crippen LogP contribution is -2.21. The van der Waals surface area contributed by atoms with Gasteiger partial charge in [0.15, 0.2) is 0 Å². The number of sulfonamides is 1. The maximum atomic E-state index is 11.8. The van der Waals surface area contributed by atoms with Crippen LogP contribution >= 0.6 is 22.6 Å². The minimum atomic E-state index is -3.76. The van der Waals surface area contributed by atoms with E-state index < -0.39 is 22.0 Å². The van der Waals surface area contributed by atoms with E-state index in [0.29, 0.717) is 9.26 Å². The predicted octanol–water partition coefficient (Wildman–Crippen LogP) is 2.11. The van der Waals surface area contributed by atoms with Gasteiger partial charge in [-0.25, -0.2) is 13.2 Å². The van der Waals surface area contributed by atoms with Crippen molar-refractivity contribution in [1.29, 1.82) is 0 Å². The number of anilines is 1. The molecule has 0 heterocycles. The molecule has 0 saturated carbocycles. The lowest BCUT2D eigenvalue weighted by atomic mass is 10.2. The summed E-state index contributed by atoms with van der Waals surface area (Å²) >= 11 is 1.92. The van der Waals surface area contributed by atoms with Gasteiger partial charge in [0, 0.05) is 9.47 Å². The zero-order chi connectivity index (χ0) is 18.4. The first kappa shape index (κ1) is 19.2. The van der Waals surface area contributed by atoms with E-state index in [1.165, 1.54) is 18.2 Å². The second kappa shape index (κ2) is 8.30. The average molecular weight is 473 g/mol. The molecule has 0 aromatic heterocycles. The van der Waals surface area contributed by atoms with Crippen molar-refractivity contribution in [2.45, 2.75) is 6.61 Å². The van der Waals surface area contributed by atoms with Crippen LogP contribution in [-0.2, 0) is 21.4 Å². The molecule has 0 aliphatic heterocycles. The Morgan fingerprint density at radius 3 is 2.52 bits per heavy atom. The first-order chi connectivity index (χ1) is 11.7. The molecule has 0 atom stereocenters. The van der Waals surface area contributed by atoms with Gasteiger partial charge >= 0.3 is 6.09 Å². The van der Waals surface area contributed by atoms with Crippen molar-refractivity contribution < 1.29 is 23.1 Å². The van der Waals surface area contributed by atoms with Crippen molar-refractivity contribution in [3.05, 3.63) is 63.2 Å². The number of nitrogens with one attached hydrogen (secondary N) is 1. The SMILES string of the molecule is CS(=O)(=O)/N=C(\[O-])c1ccc(NC(=O)OCc2ccccc2)c(I)c1. The van der Waals surface area contributed by atoms with Gasteiger partial charge in [-0.05, 0) is 45.9 Å². The Bertz CT molecular complexity index is 898. The fourth-order valence-corrected chi connectivity index (χ4v) is 2.88. The molecule has 9 heteroatoms. The fraction of sp³-hybridized carbons (Fsp3) is 0.125. The maximum Gasteiger partial charge on any atom is 0.411 e. The van der Waals surface area contributed by atoms with Gasteiger partial charge in [-0.2, -0.15) is 4.40 Å². The Labute approximate surface area is 158 Å². The summed E-state index contributed by atoms with van der Waals surface area (Å²) in [5.41, 5.74) is 1.41. The van der Waals surface area contributed by atoms with Crippen LogP contribution in [0.5, 0.6) is 0 Å². The van der Waals surface area contributed by atoms with Crippen molar-refractivity contribution in [3.8, 4) is 0 Å². The lowest BCUT2D eigenvalue weighted by Gasteiger charge is -2.13. The molecular weight excluding hydrogens is 459 g/mol. The van der Waals surface area contributed by atoms with Gasteiger partial charge in [0.05, 0.1) is 11.9 Å². The van der Waals surface area contributed by atoms with Gasteiger partial charge in [0.2, 0.25) is 10.0 Å². The summed E-state index contributed by atoms with van der Waals surface area (Å²) in [6.07, 6.45) is 0.204. The van der Waals surface area contributed by atoms with Crippen LogP contribution in [0.2, 0.25) is 0 Å². The van der Waals surface area contributed by atoms with E-state index >= 15 is 0 Å². The van der Waals surface area contributed by atoms with Crippen LogP contribution in [0, 0.1) is 3.57 Å². The van der Waals surface area contributed by atoms with Gasteiger partial charge in [-0.1, -0.05) is 36.4 Å². The first-order valence-corrected chi connectivity index (χ1v) is 9.92. The van der Waals surface area contributed by atoms with E-state index in [4.69, 9.17) is 4.74 Å². The van der Waals surface area contributed by atoms with Crippen LogP contribution in [0.4, 0.5) is 10.5 Å². The molecule has 0 aliphatic carbocycles. The third-order valence-corrected chi connectivity index (χ3v) is 4.30. The van der Waals surface area contributed by atoms with Gasteiger partial charge < -0.3 is 9.84 Å². The van der Waals surface area contributed by atoms with E-state index in [1.807, 2.05) is 52.9 Å². The minimum Gasteiger partial charge on any atom is -0.858 e. The molecule has 0 radical (unpaired) electrons. The molecular formula is C16H14IN2O5S-. The molecule has 25 heavy (non-hydrogen) atoms. The fourth-order valence-electron chi connectivity index (χ4n) is 1.82. The van der Waals surface area contributed by atoms with Gasteiger partial charge in [0.25, 0.3) is 0 Å². The number of carbonyl (C=O) groups excluding carboxylic acids is 1. The highest BCUT2D eigenvalue weighted by molar-refractivity contribution is 14.1. The Morgan fingerprint density at radius 2 is 1.92 bits per heavy atom. The highest BCUT2D eigenvalue weighted by Gasteiger charge is 2.08. The van der Waals surface area contributed by atoms with E-state index in [2.05, 4.69) is 9.71 Å². The van der Waals surface area contributed by atoms with Crippen LogP contribution < -0.4 is 10.4 Å². The van der Waals surface area contributed by atoms with Crippen molar-refractivity contribution in [2.75, 3.05) is 11.6 Å². The Kier molecular flexibility index (Phi) is 6.37. The minimum absolute atomic E-state index is 0.109. The van der Waals surface area contributed by atoms with Crippen LogP contribution in [0.25, 0.3) is 0 Å². The summed E-state index contributed by atoms with van der Waals surface area (Å²) in [4.78, 5) is 11.8. The van der Waals surface area contributed by atoms with E-state index in [9.17, 15) is 18.3 Å². The smallest absolute Gasteiger partial charge is 0.411 e. The summed E-state index contributed by atoms with van der Waals surface area (Å²) in [5.74, 6) is -0.862. The predicted molar refractivity (Wildman–Crippen MR) is 101 cm³/mol. The number of nitrogens with zero attached hydrogens (tertiary/aromatic N) is 1. The second-order valence-corrected chi connectivity index (χ2v) is 7.82. The number of rotatable bonds is 5. The summed E-state index contributed by atoms with van der Waals surface area (Å²) < 4.78 is 30.8. The maximum absolute atomic E-state index is 11.8. The molecule has 0 unspecified atom stereocenters. The van der Waals surface area contributed by atoms with Crippen molar-refractivity contribution >= 4 is 50.3 Å². The van der Waals surface area contributed by atoms with Crippen molar-refractivity contribution in [2.24, 2.45) is 4.40 Å². The molecule has 2 rings (SSSR count). The van der Waals surface area contributed by atoms with Crippen LogP contribution in [0.3, 0.4) is 0 Å². The molecule has 0 fully saturated rings. The molecule has 0 spiro atoms. The average Bonchev–Trinajstić information content (AvgIpc) is 2.54. The lowest BCUT2D eigenvalue weighted by molar-refractivity contribution is -0.212. The monoisotopic (exact) mass is 473 g/mol. The second-order valence-electron chi connectivity index (χ2n) is 5.01. The summed E-state index contributed by atoms with van der Waals surface area (Å²) in [5, 5.41) is 14.3. The zero-order valence-corrected chi connectivity index (χ0v) is 16.1. The first-order valence-electron chi connectivity index (χ1n) is 6.99. The number of halogens is 1. The summed E-state index contributed by atoms with van der Waals surface area (Å²) in [6, 6.07) is 13.5. The van der Waals surface area contributed by atoms with E-state index in [1.54, 1.807) is 0 Å². The topological polar surface area (TPSA) is 108 Å². The molecule has 7 nitrogen and oxygen atoms in total. The van der Waals surface area contributed by atoms with Crippen LogP contribution in [0.1, 0.15) is 11.1 Å². The Balaban J connectivity index is 2.03. The normalized spacial score (nSPS) is 11.8. The van der Waals surface area contributed by atoms with Crippen LogP contribution in [-0.4, -0.2) is 26.7 Å². The van der Waals surface area contributed by atoms with Crippen molar-refractivity contribution in [1.82, 2.24) is 0 Å². The van der Waals surface area contributed by atoms with E-state index in [0.717, 1.165) is 11.8 Å². The summed E-state index contributed by atoms with van der Waals surface area (Å²) in [6.45, 7) is 0.132. The van der Waals surface area contributed by atoms with Gasteiger partial charge in [0.1, 0.15) is 6.61 Å². The molecule has 2 aromatic carbocycles. The third kappa shape index (κ3) is 6.35. The summed E-state index contributed by atoms with van der Waals surface area (Å²) in [7, 11) is -3.76. The number of carbonyl (C=O) groups is 1. The van der Waals surface area contributed by atoms with Crippen molar-refractivity contribution in [3.63, 3.8) is 0 Å². The molecule has 0 saturated heterocycles. The standard InChI is InChI=1S/C16H15IN2O5S/c1-25(22,23)19-15(20)12-7-8-14(13(17)9-12)18-16(21)24-10-11-5-3-2-4-6-11/h2-9H,10H2,1H3,(H,18,21)(H,19,20)/p-1. The largest absolute Gasteiger partial charge is 0.858 e. The highest BCUT2D eigenvalue weighted by atomic mass is 127. The van der Waals surface area contributed by atoms with Gasteiger partial charge in [-0.3, -0.25) is 5.32 Å². The molecule has 1 amide bonds.